The van der Waals surface area contributed by atoms with Crippen LogP contribution < -0.4 is 5.32 Å². The smallest absolute Gasteiger partial charge is 0.227 e. The molecule has 29 heavy (non-hydrogen) atoms. The fourth-order valence-corrected chi connectivity index (χ4v) is 4.07. The largest absolute Gasteiger partial charge is 0.342 e. The van der Waals surface area contributed by atoms with Crippen LogP contribution in [0.4, 0.5) is 5.69 Å². The third kappa shape index (κ3) is 5.26. The highest BCUT2D eigenvalue weighted by molar-refractivity contribution is 5.94. The maximum atomic E-state index is 12.9. The lowest BCUT2D eigenvalue weighted by atomic mass is 9.93. The van der Waals surface area contributed by atoms with E-state index in [2.05, 4.69) is 31.3 Å². The Hall–Kier alpha value is -2.62. The molecule has 0 spiro atoms. The van der Waals surface area contributed by atoms with Crippen molar-refractivity contribution in [2.75, 3.05) is 18.4 Å². The molecule has 4 nitrogen and oxygen atoms in total. The molecule has 0 atom stereocenters. The Kier molecular flexibility index (Phi) is 6.73. The molecular weight excluding hydrogens is 360 g/mol. The van der Waals surface area contributed by atoms with Crippen LogP contribution >= 0.6 is 0 Å². The highest BCUT2D eigenvalue weighted by Crippen LogP contribution is 2.29. The number of aryl methyl sites for hydroxylation is 2. The fourth-order valence-electron chi connectivity index (χ4n) is 4.07. The number of piperidine rings is 1. The Bertz CT molecular complexity index is 880. The number of hydrogen-bond donors (Lipinski definition) is 1. The van der Waals surface area contributed by atoms with E-state index >= 15 is 0 Å². The molecule has 0 unspecified atom stereocenters. The van der Waals surface area contributed by atoms with Gasteiger partial charge in [0.2, 0.25) is 11.8 Å². The number of carbonyl (C=O) groups excluding carboxylic acids is 2. The van der Waals surface area contributed by atoms with Gasteiger partial charge in [0.15, 0.2) is 0 Å². The summed E-state index contributed by atoms with van der Waals surface area (Å²) in [4.78, 5) is 27.4. The Morgan fingerprint density at radius 2 is 1.76 bits per heavy atom. The number of anilines is 1. The summed E-state index contributed by atoms with van der Waals surface area (Å²) in [6.45, 7) is 9.65. The first-order chi connectivity index (χ1) is 13.8. The zero-order valence-electron chi connectivity index (χ0n) is 18.0. The van der Waals surface area contributed by atoms with E-state index in [1.165, 1.54) is 11.1 Å². The van der Waals surface area contributed by atoms with E-state index in [1.54, 1.807) is 0 Å². The summed E-state index contributed by atoms with van der Waals surface area (Å²) < 4.78 is 0. The average molecular weight is 393 g/mol. The van der Waals surface area contributed by atoms with E-state index < -0.39 is 0 Å². The molecule has 2 aromatic carbocycles. The van der Waals surface area contributed by atoms with Gasteiger partial charge in [-0.15, -0.1) is 0 Å². The van der Waals surface area contributed by atoms with Crippen LogP contribution in [0.5, 0.6) is 0 Å². The second-order valence-corrected chi connectivity index (χ2v) is 8.50. The van der Waals surface area contributed by atoms with Crippen molar-refractivity contribution in [1.82, 2.24) is 4.90 Å². The van der Waals surface area contributed by atoms with Crippen LogP contribution in [0, 0.1) is 19.8 Å². The van der Waals surface area contributed by atoms with Crippen LogP contribution in [-0.4, -0.2) is 29.8 Å². The monoisotopic (exact) mass is 392 g/mol. The minimum absolute atomic E-state index is 0.0439. The van der Waals surface area contributed by atoms with Gasteiger partial charge in [0.05, 0.1) is 6.42 Å². The SMILES string of the molecule is Cc1cccc(CC(=O)N2CCC(C(=O)Nc3c(C)cccc3C(C)C)CC2)c1. The summed E-state index contributed by atoms with van der Waals surface area (Å²) in [5.41, 5.74) is 5.43. The number of likely N-dealkylation sites (tertiary alicyclic amines) is 1. The molecule has 0 bridgehead atoms. The lowest BCUT2D eigenvalue weighted by molar-refractivity contribution is -0.133. The van der Waals surface area contributed by atoms with Crippen LogP contribution in [0.15, 0.2) is 42.5 Å². The van der Waals surface area contributed by atoms with Crippen molar-refractivity contribution in [3.05, 3.63) is 64.7 Å². The molecule has 0 aromatic heterocycles. The molecule has 2 aromatic rings. The fraction of sp³-hybridized carbons (Fsp3) is 0.440. The Labute approximate surface area is 174 Å². The van der Waals surface area contributed by atoms with Crippen molar-refractivity contribution >= 4 is 17.5 Å². The molecule has 0 radical (unpaired) electrons. The zero-order chi connectivity index (χ0) is 21.0. The molecular formula is C25H32N2O2. The van der Waals surface area contributed by atoms with Crippen LogP contribution in [0.1, 0.15) is 54.9 Å². The van der Waals surface area contributed by atoms with E-state index in [0.29, 0.717) is 38.3 Å². The highest BCUT2D eigenvalue weighted by Gasteiger charge is 2.28. The molecule has 0 aliphatic carbocycles. The number of carbonyl (C=O) groups is 2. The Morgan fingerprint density at radius 3 is 2.41 bits per heavy atom. The van der Waals surface area contributed by atoms with E-state index in [0.717, 1.165) is 16.8 Å². The van der Waals surface area contributed by atoms with E-state index in [-0.39, 0.29) is 17.7 Å². The Morgan fingerprint density at radius 1 is 1.07 bits per heavy atom. The molecule has 1 aliphatic rings. The first-order valence-corrected chi connectivity index (χ1v) is 10.6. The number of nitrogens with zero attached hydrogens (tertiary/aromatic N) is 1. The van der Waals surface area contributed by atoms with E-state index in [9.17, 15) is 9.59 Å². The van der Waals surface area contributed by atoms with Gasteiger partial charge < -0.3 is 10.2 Å². The maximum Gasteiger partial charge on any atom is 0.227 e. The predicted octanol–water partition coefficient (Wildman–Crippen LogP) is 4.85. The number of hydrogen-bond acceptors (Lipinski definition) is 2. The summed E-state index contributed by atoms with van der Waals surface area (Å²) in [6, 6.07) is 14.3. The van der Waals surface area contributed by atoms with Crippen molar-refractivity contribution in [3.63, 3.8) is 0 Å². The van der Waals surface area contributed by atoms with Crippen LogP contribution in [-0.2, 0) is 16.0 Å². The maximum absolute atomic E-state index is 12.9. The van der Waals surface area contributed by atoms with Crippen molar-refractivity contribution < 1.29 is 9.59 Å². The predicted molar refractivity (Wildman–Crippen MR) is 118 cm³/mol. The molecule has 1 saturated heterocycles. The lowest BCUT2D eigenvalue weighted by Crippen LogP contribution is -2.42. The standard InChI is InChI=1S/C25H32N2O2/c1-17(2)22-10-6-8-19(4)24(22)26-25(29)21-11-13-27(14-12-21)23(28)16-20-9-5-7-18(3)15-20/h5-10,15,17,21H,11-14,16H2,1-4H3,(H,26,29). The summed E-state index contributed by atoms with van der Waals surface area (Å²) in [5.74, 6) is 0.534. The summed E-state index contributed by atoms with van der Waals surface area (Å²) in [6.07, 6.45) is 1.86. The van der Waals surface area contributed by atoms with Crippen LogP contribution in [0.2, 0.25) is 0 Å². The van der Waals surface area contributed by atoms with Gasteiger partial charge in [0.1, 0.15) is 0 Å². The van der Waals surface area contributed by atoms with Crippen molar-refractivity contribution in [1.29, 1.82) is 0 Å². The van der Waals surface area contributed by atoms with E-state index in [1.807, 2.05) is 49.1 Å². The van der Waals surface area contributed by atoms with Gasteiger partial charge >= 0.3 is 0 Å². The zero-order valence-corrected chi connectivity index (χ0v) is 18.0. The molecule has 1 fully saturated rings. The topological polar surface area (TPSA) is 49.4 Å². The molecule has 154 valence electrons. The normalized spacial score (nSPS) is 14.9. The number of nitrogens with one attached hydrogen (secondary N) is 1. The quantitative estimate of drug-likeness (QED) is 0.791. The van der Waals surface area contributed by atoms with Gasteiger partial charge in [-0.3, -0.25) is 9.59 Å². The Balaban J connectivity index is 1.57. The highest BCUT2D eigenvalue weighted by atomic mass is 16.2. The molecule has 1 aliphatic heterocycles. The first kappa shape index (κ1) is 21.1. The van der Waals surface area contributed by atoms with Gasteiger partial charge in [0, 0.05) is 24.7 Å². The number of para-hydroxylation sites is 1. The molecule has 3 rings (SSSR count). The number of amides is 2. The number of rotatable bonds is 5. The van der Waals surface area contributed by atoms with Gasteiger partial charge in [-0.25, -0.2) is 0 Å². The third-order valence-electron chi connectivity index (χ3n) is 5.83. The van der Waals surface area contributed by atoms with E-state index in [4.69, 9.17) is 0 Å². The minimum atomic E-state index is -0.0439. The van der Waals surface area contributed by atoms with Crippen molar-refractivity contribution in [2.24, 2.45) is 5.92 Å². The summed E-state index contributed by atoms with van der Waals surface area (Å²) >= 11 is 0. The lowest BCUT2D eigenvalue weighted by Gasteiger charge is -2.32. The second kappa shape index (κ2) is 9.25. The minimum Gasteiger partial charge on any atom is -0.342 e. The molecule has 1 heterocycles. The molecule has 4 heteroatoms. The molecule has 2 amide bonds. The molecule has 1 N–H and O–H groups in total. The summed E-state index contributed by atoms with van der Waals surface area (Å²) in [7, 11) is 0. The van der Waals surface area contributed by atoms with Gasteiger partial charge in [-0.1, -0.05) is 61.9 Å². The average Bonchev–Trinajstić information content (AvgIpc) is 2.69. The van der Waals surface area contributed by atoms with Crippen LogP contribution in [0.3, 0.4) is 0 Å². The second-order valence-electron chi connectivity index (χ2n) is 8.50. The third-order valence-corrected chi connectivity index (χ3v) is 5.83. The first-order valence-electron chi connectivity index (χ1n) is 10.6. The van der Waals surface area contributed by atoms with Gasteiger partial charge in [-0.05, 0) is 49.3 Å². The summed E-state index contributed by atoms with van der Waals surface area (Å²) in [5, 5.41) is 3.18. The van der Waals surface area contributed by atoms with Gasteiger partial charge in [0.25, 0.3) is 0 Å². The van der Waals surface area contributed by atoms with Gasteiger partial charge in [-0.2, -0.15) is 0 Å². The van der Waals surface area contributed by atoms with Crippen molar-refractivity contribution in [2.45, 2.75) is 52.9 Å². The molecule has 0 saturated carbocycles. The number of benzene rings is 2. The van der Waals surface area contributed by atoms with Crippen molar-refractivity contribution in [3.8, 4) is 0 Å². The van der Waals surface area contributed by atoms with Crippen LogP contribution in [0.25, 0.3) is 0 Å².